The van der Waals surface area contributed by atoms with E-state index in [1.807, 2.05) is 0 Å². The molecule has 1 aliphatic carbocycles. The number of amides is 2. The van der Waals surface area contributed by atoms with Crippen LogP contribution in [0.2, 0.25) is 0 Å². The minimum atomic E-state index is -0.381. The molecule has 1 fully saturated rings. The number of hydrogen-bond acceptors (Lipinski definition) is 3. The van der Waals surface area contributed by atoms with Crippen molar-refractivity contribution in [3.63, 3.8) is 0 Å². The number of hydrogen-bond donors (Lipinski definition) is 3. The van der Waals surface area contributed by atoms with Crippen LogP contribution in [0.4, 0.5) is 4.39 Å². The molecule has 2 amide bonds. The summed E-state index contributed by atoms with van der Waals surface area (Å²) in [7, 11) is 0. The van der Waals surface area contributed by atoms with Gasteiger partial charge >= 0.3 is 0 Å². The van der Waals surface area contributed by atoms with Gasteiger partial charge in [-0.15, -0.1) is 0 Å². The summed E-state index contributed by atoms with van der Waals surface area (Å²) in [4.78, 5) is 23.6. The normalized spacial score (nSPS) is 21.0. The van der Waals surface area contributed by atoms with E-state index in [9.17, 15) is 14.0 Å². The number of benzene rings is 1. The first kappa shape index (κ1) is 15.4. The molecule has 0 radical (unpaired) electrons. The Bertz CT molecular complexity index is 504. The molecule has 0 aromatic heterocycles. The highest BCUT2D eigenvalue weighted by Crippen LogP contribution is 2.23. The third-order valence-electron chi connectivity index (χ3n) is 3.66. The largest absolute Gasteiger partial charge is 0.354 e. The maximum atomic E-state index is 12.7. The zero-order valence-corrected chi connectivity index (χ0v) is 11.8. The van der Waals surface area contributed by atoms with Crippen molar-refractivity contribution in [2.75, 3.05) is 13.1 Å². The Kier molecular flexibility index (Phi) is 5.27. The van der Waals surface area contributed by atoms with Crippen LogP contribution in [-0.2, 0) is 4.79 Å². The van der Waals surface area contributed by atoms with Crippen LogP contribution in [0.15, 0.2) is 24.3 Å². The monoisotopic (exact) mass is 293 g/mol. The zero-order valence-electron chi connectivity index (χ0n) is 11.8. The van der Waals surface area contributed by atoms with Gasteiger partial charge in [-0.1, -0.05) is 0 Å². The number of halogens is 1. The Hall–Kier alpha value is -1.95. The summed E-state index contributed by atoms with van der Waals surface area (Å²) in [6, 6.07) is 5.44. The molecule has 0 saturated heterocycles. The first-order valence-electron chi connectivity index (χ1n) is 7.13. The molecule has 2 atom stereocenters. The van der Waals surface area contributed by atoms with Gasteiger partial charge in [0.15, 0.2) is 0 Å². The van der Waals surface area contributed by atoms with E-state index in [2.05, 4.69) is 10.6 Å². The molecule has 0 bridgehead atoms. The first-order valence-corrected chi connectivity index (χ1v) is 7.13. The second kappa shape index (κ2) is 7.17. The van der Waals surface area contributed by atoms with Crippen molar-refractivity contribution in [3.8, 4) is 0 Å². The van der Waals surface area contributed by atoms with Crippen molar-refractivity contribution >= 4 is 11.8 Å². The van der Waals surface area contributed by atoms with Crippen molar-refractivity contribution in [2.24, 2.45) is 11.7 Å². The maximum Gasteiger partial charge on any atom is 0.251 e. The van der Waals surface area contributed by atoms with Crippen molar-refractivity contribution in [3.05, 3.63) is 35.6 Å². The lowest BCUT2D eigenvalue weighted by atomic mass is 10.1. The fraction of sp³-hybridized carbons (Fsp3) is 0.467. The molecule has 114 valence electrons. The van der Waals surface area contributed by atoms with Crippen molar-refractivity contribution < 1.29 is 14.0 Å². The average Bonchev–Trinajstić information content (AvgIpc) is 2.90. The number of carbonyl (C=O) groups is 2. The van der Waals surface area contributed by atoms with E-state index < -0.39 is 0 Å². The Labute approximate surface area is 123 Å². The third-order valence-corrected chi connectivity index (χ3v) is 3.66. The lowest BCUT2D eigenvalue weighted by Crippen LogP contribution is -2.37. The molecule has 5 nitrogen and oxygen atoms in total. The highest BCUT2D eigenvalue weighted by molar-refractivity contribution is 5.94. The van der Waals surface area contributed by atoms with E-state index in [4.69, 9.17) is 5.73 Å². The highest BCUT2D eigenvalue weighted by atomic mass is 19.1. The minimum absolute atomic E-state index is 0.000943. The molecule has 0 heterocycles. The fourth-order valence-electron chi connectivity index (χ4n) is 2.46. The van der Waals surface area contributed by atoms with E-state index >= 15 is 0 Å². The Morgan fingerprint density at radius 1 is 1.14 bits per heavy atom. The van der Waals surface area contributed by atoms with Crippen LogP contribution in [0.3, 0.4) is 0 Å². The molecular formula is C15H20FN3O2. The minimum Gasteiger partial charge on any atom is -0.354 e. The molecule has 1 aliphatic rings. The van der Waals surface area contributed by atoms with Crippen molar-refractivity contribution in [1.82, 2.24) is 10.6 Å². The predicted octanol–water partition coefficient (Wildman–Crippen LogP) is 0.799. The molecule has 4 N–H and O–H groups in total. The van der Waals surface area contributed by atoms with Crippen LogP contribution in [0.25, 0.3) is 0 Å². The maximum absolute atomic E-state index is 12.7. The molecule has 6 heteroatoms. The number of rotatable bonds is 5. The smallest absolute Gasteiger partial charge is 0.251 e. The van der Waals surface area contributed by atoms with Gasteiger partial charge in [-0.3, -0.25) is 9.59 Å². The molecule has 2 rings (SSSR count). The summed E-state index contributed by atoms with van der Waals surface area (Å²) in [6.45, 7) is 0.707. The fourth-order valence-corrected chi connectivity index (χ4v) is 2.46. The van der Waals surface area contributed by atoms with Gasteiger partial charge in [0.2, 0.25) is 5.91 Å². The van der Waals surface area contributed by atoms with Gasteiger partial charge in [-0.05, 0) is 43.5 Å². The quantitative estimate of drug-likeness (QED) is 0.702. The van der Waals surface area contributed by atoms with Crippen molar-refractivity contribution in [2.45, 2.75) is 25.3 Å². The third kappa shape index (κ3) is 4.53. The van der Waals surface area contributed by atoms with Gasteiger partial charge in [0, 0.05) is 30.6 Å². The molecule has 21 heavy (non-hydrogen) atoms. The predicted molar refractivity (Wildman–Crippen MR) is 77.1 cm³/mol. The van der Waals surface area contributed by atoms with E-state index in [1.54, 1.807) is 0 Å². The SMILES string of the molecule is NC1CCC(C(=O)NCCNC(=O)c2ccc(F)cc2)C1. The van der Waals surface area contributed by atoms with Gasteiger partial charge in [-0.25, -0.2) is 4.39 Å². The second-order valence-corrected chi connectivity index (χ2v) is 5.32. The molecule has 1 aromatic carbocycles. The average molecular weight is 293 g/mol. The number of carbonyl (C=O) groups excluding carboxylic acids is 2. The Morgan fingerprint density at radius 3 is 2.43 bits per heavy atom. The van der Waals surface area contributed by atoms with Crippen LogP contribution in [0.1, 0.15) is 29.6 Å². The van der Waals surface area contributed by atoms with E-state index in [-0.39, 0.29) is 29.6 Å². The molecular weight excluding hydrogens is 273 g/mol. The van der Waals surface area contributed by atoms with E-state index in [1.165, 1.54) is 24.3 Å². The lowest BCUT2D eigenvalue weighted by Gasteiger charge is -2.11. The molecule has 0 spiro atoms. The number of nitrogens with one attached hydrogen (secondary N) is 2. The zero-order chi connectivity index (χ0) is 15.2. The first-order chi connectivity index (χ1) is 10.1. The second-order valence-electron chi connectivity index (χ2n) is 5.32. The summed E-state index contributed by atoms with van der Waals surface area (Å²) < 4.78 is 12.7. The molecule has 1 saturated carbocycles. The van der Waals surface area contributed by atoms with Gasteiger partial charge in [0.1, 0.15) is 5.82 Å². The summed E-state index contributed by atoms with van der Waals surface area (Å²) in [5.74, 6) is -0.674. The van der Waals surface area contributed by atoms with Crippen LogP contribution in [0.5, 0.6) is 0 Å². The summed E-state index contributed by atoms with van der Waals surface area (Å²) in [5, 5.41) is 5.46. The van der Waals surface area contributed by atoms with Crippen LogP contribution < -0.4 is 16.4 Å². The molecule has 1 aromatic rings. The Balaban J connectivity index is 1.66. The molecule has 2 unspecified atom stereocenters. The van der Waals surface area contributed by atoms with Gasteiger partial charge in [-0.2, -0.15) is 0 Å². The van der Waals surface area contributed by atoms with Crippen LogP contribution in [0, 0.1) is 11.7 Å². The molecule has 0 aliphatic heterocycles. The van der Waals surface area contributed by atoms with Gasteiger partial charge in [0.05, 0.1) is 0 Å². The standard InChI is InChI=1S/C15H20FN3O2/c16-12-4-1-10(2-5-12)14(20)18-7-8-19-15(21)11-3-6-13(17)9-11/h1-2,4-5,11,13H,3,6-9,17H2,(H,18,20)(H,19,21). The summed E-state index contributed by atoms with van der Waals surface area (Å²) in [6.07, 6.45) is 2.45. The Morgan fingerprint density at radius 2 is 1.81 bits per heavy atom. The van der Waals surface area contributed by atoms with Gasteiger partial charge < -0.3 is 16.4 Å². The lowest BCUT2D eigenvalue weighted by molar-refractivity contribution is -0.124. The summed E-state index contributed by atoms with van der Waals surface area (Å²) >= 11 is 0. The number of nitrogens with two attached hydrogens (primary N) is 1. The van der Waals surface area contributed by atoms with E-state index in [0.29, 0.717) is 18.7 Å². The van der Waals surface area contributed by atoms with E-state index in [0.717, 1.165) is 19.3 Å². The topological polar surface area (TPSA) is 84.2 Å². The highest BCUT2D eigenvalue weighted by Gasteiger charge is 2.27. The van der Waals surface area contributed by atoms with Gasteiger partial charge in [0.25, 0.3) is 5.91 Å². The van der Waals surface area contributed by atoms with Crippen LogP contribution >= 0.6 is 0 Å². The van der Waals surface area contributed by atoms with Crippen molar-refractivity contribution in [1.29, 1.82) is 0 Å². The summed E-state index contributed by atoms with van der Waals surface area (Å²) in [5.41, 5.74) is 6.16. The van der Waals surface area contributed by atoms with Crippen LogP contribution in [-0.4, -0.2) is 30.9 Å².